The summed E-state index contributed by atoms with van der Waals surface area (Å²) in [6.07, 6.45) is 3.37. The monoisotopic (exact) mass is 295 g/mol. The van der Waals surface area contributed by atoms with Crippen LogP contribution in [0.1, 0.15) is 25.3 Å². The van der Waals surface area contributed by atoms with E-state index in [0.29, 0.717) is 23.7 Å². The molecule has 0 radical (unpaired) electrons. The first kappa shape index (κ1) is 14.9. The summed E-state index contributed by atoms with van der Waals surface area (Å²) in [4.78, 5) is 13.7. The molecule has 0 saturated carbocycles. The molecule has 1 amide bonds. The van der Waals surface area contributed by atoms with Crippen LogP contribution in [0.15, 0.2) is 24.3 Å². The van der Waals surface area contributed by atoms with Gasteiger partial charge in [0.25, 0.3) is 0 Å². The Balaban J connectivity index is 2.28. The molecule has 0 fully saturated rings. The smallest absolute Gasteiger partial charge is 0.227 e. The Kier molecular flexibility index (Phi) is 5.04. The van der Waals surface area contributed by atoms with Gasteiger partial charge in [-0.15, -0.1) is 0 Å². The number of hydrogen-bond acceptors (Lipinski definition) is 3. The fourth-order valence-electron chi connectivity index (χ4n) is 2.23. The van der Waals surface area contributed by atoms with Gasteiger partial charge in [0.15, 0.2) is 6.79 Å². The van der Waals surface area contributed by atoms with Crippen LogP contribution in [0.3, 0.4) is 0 Å². The van der Waals surface area contributed by atoms with E-state index < -0.39 is 0 Å². The number of halogens is 1. The summed E-state index contributed by atoms with van der Waals surface area (Å²) in [5.41, 5.74) is 1.73. The molecule has 1 heterocycles. The summed E-state index contributed by atoms with van der Waals surface area (Å²) >= 11 is 6.31. The SMILES string of the molecule is CCN1C(=O)CCC=C1c1ccc(OCOC)cc1Cl. The molecule has 0 saturated heterocycles. The van der Waals surface area contributed by atoms with Crippen LogP contribution in [-0.2, 0) is 9.53 Å². The van der Waals surface area contributed by atoms with Crippen molar-refractivity contribution in [1.82, 2.24) is 4.90 Å². The number of hydrogen-bond donors (Lipinski definition) is 0. The second-order valence-electron chi connectivity index (χ2n) is 4.46. The summed E-state index contributed by atoms with van der Waals surface area (Å²) in [6.45, 7) is 2.78. The first-order valence-electron chi connectivity index (χ1n) is 6.59. The Morgan fingerprint density at radius 2 is 2.20 bits per heavy atom. The van der Waals surface area contributed by atoms with Crippen LogP contribution in [0.2, 0.25) is 5.02 Å². The largest absolute Gasteiger partial charge is 0.468 e. The molecule has 2 rings (SSSR count). The highest BCUT2D eigenvalue weighted by Gasteiger charge is 2.22. The highest BCUT2D eigenvalue weighted by atomic mass is 35.5. The molecule has 4 nitrogen and oxygen atoms in total. The van der Waals surface area contributed by atoms with Gasteiger partial charge >= 0.3 is 0 Å². The molecule has 20 heavy (non-hydrogen) atoms. The van der Waals surface area contributed by atoms with Crippen molar-refractivity contribution >= 4 is 23.2 Å². The molecule has 0 N–H and O–H groups in total. The van der Waals surface area contributed by atoms with Crippen LogP contribution >= 0.6 is 11.6 Å². The van der Waals surface area contributed by atoms with E-state index in [1.165, 1.54) is 0 Å². The lowest BCUT2D eigenvalue weighted by Crippen LogP contribution is -2.31. The number of allylic oxidation sites excluding steroid dienone is 1. The topological polar surface area (TPSA) is 38.8 Å². The van der Waals surface area contributed by atoms with Gasteiger partial charge in [0.05, 0.1) is 5.02 Å². The van der Waals surface area contributed by atoms with Gasteiger partial charge in [-0.1, -0.05) is 17.7 Å². The zero-order chi connectivity index (χ0) is 14.5. The summed E-state index contributed by atoms with van der Waals surface area (Å²) in [5.74, 6) is 0.784. The molecule has 5 heteroatoms. The predicted octanol–water partition coefficient (Wildman–Crippen LogP) is 3.31. The molecular formula is C15H18ClNO3. The Morgan fingerprint density at radius 3 is 2.85 bits per heavy atom. The first-order chi connectivity index (χ1) is 9.67. The lowest BCUT2D eigenvalue weighted by atomic mass is 10.0. The second kappa shape index (κ2) is 6.77. The molecule has 0 aliphatic carbocycles. The molecule has 108 valence electrons. The highest BCUT2D eigenvalue weighted by molar-refractivity contribution is 6.32. The number of carbonyl (C=O) groups is 1. The van der Waals surface area contributed by atoms with E-state index in [9.17, 15) is 4.79 Å². The maximum Gasteiger partial charge on any atom is 0.227 e. The van der Waals surface area contributed by atoms with Crippen molar-refractivity contribution in [3.63, 3.8) is 0 Å². The van der Waals surface area contributed by atoms with Gasteiger partial charge in [0.2, 0.25) is 5.91 Å². The zero-order valence-corrected chi connectivity index (χ0v) is 12.4. The number of benzene rings is 1. The standard InChI is InChI=1S/C15H18ClNO3/c1-3-17-14(5-4-6-15(17)18)12-8-7-11(9-13(12)16)20-10-19-2/h5,7-9H,3-4,6,10H2,1-2H3. The molecule has 1 aliphatic heterocycles. The Morgan fingerprint density at radius 1 is 1.40 bits per heavy atom. The summed E-state index contributed by atoms with van der Waals surface area (Å²) in [7, 11) is 1.56. The Hall–Kier alpha value is -1.52. The molecule has 1 aromatic carbocycles. The minimum absolute atomic E-state index is 0.140. The van der Waals surface area contributed by atoms with Gasteiger partial charge in [0, 0.05) is 31.3 Å². The number of carbonyl (C=O) groups excluding carboxylic acids is 1. The van der Waals surface area contributed by atoms with Crippen LogP contribution in [0.5, 0.6) is 5.75 Å². The van der Waals surface area contributed by atoms with Gasteiger partial charge < -0.3 is 14.4 Å². The van der Waals surface area contributed by atoms with Gasteiger partial charge in [-0.05, 0) is 31.5 Å². The number of rotatable bonds is 5. The van der Waals surface area contributed by atoms with Crippen LogP contribution in [0, 0.1) is 0 Å². The van der Waals surface area contributed by atoms with Crippen molar-refractivity contribution in [1.29, 1.82) is 0 Å². The van der Waals surface area contributed by atoms with E-state index in [4.69, 9.17) is 21.1 Å². The van der Waals surface area contributed by atoms with Crippen LogP contribution < -0.4 is 4.74 Å². The van der Waals surface area contributed by atoms with Crippen LogP contribution in [-0.4, -0.2) is 31.3 Å². The van der Waals surface area contributed by atoms with Gasteiger partial charge in [-0.3, -0.25) is 4.79 Å². The zero-order valence-electron chi connectivity index (χ0n) is 11.7. The van der Waals surface area contributed by atoms with E-state index in [1.54, 1.807) is 18.1 Å². The van der Waals surface area contributed by atoms with Gasteiger partial charge in [0.1, 0.15) is 5.75 Å². The predicted molar refractivity (Wildman–Crippen MR) is 78.6 cm³/mol. The molecule has 0 bridgehead atoms. The molecule has 0 atom stereocenters. The van der Waals surface area contributed by atoms with Crippen LogP contribution in [0.25, 0.3) is 5.70 Å². The normalized spacial score (nSPS) is 15.2. The third-order valence-electron chi connectivity index (χ3n) is 3.16. The molecule has 0 unspecified atom stereocenters. The molecule has 0 spiro atoms. The number of ether oxygens (including phenoxy) is 2. The minimum Gasteiger partial charge on any atom is -0.468 e. The van der Waals surface area contributed by atoms with Crippen molar-refractivity contribution in [2.45, 2.75) is 19.8 Å². The van der Waals surface area contributed by atoms with Crippen molar-refractivity contribution in [2.75, 3.05) is 20.4 Å². The van der Waals surface area contributed by atoms with E-state index >= 15 is 0 Å². The Bertz CT molecular complexity index is 528. The van der Waals surface area contributed by atoms with E-state index in [1.807, 2.05) is 19.1 Å². The third kappa shape index (κ3) is 3.14. The minimum atomic E-state index is 0.140. The lowest BCUT2D eigenvalue weighted by Gasteiger charge is -2.28. The molecular weight excluding hydrogens is 278 g/mol. The summed E-state index contributed by atoms with van der Waals surface area (Å²) in [6, 6.07) is 5.44. The number of amides is 1. The molecule has 1 aliphatic rings. The van der Waals surface area contributed by atoms with E-state index in [0.717, 1.165) is 17.7 Å². The average Bonchev–Trinajstić information content (AvgIpc) is 2.45. The van der Waals surface area contributed by atoms with Crippen molar-refractivity contribution in [3.8, 4) is 5.75 Å². The maximum atomic E-state index is 11.9. The van der Waals surface area contributed by atoms with Gasteiger partial charge in [-0.25, -0.2) is 0 Å². The quantitative estimate of drug-likeness (QED) is 0.782. The molecule has 0 aromatic heterocycles. The van der Waals surface area contributed by atoms with E-state index in [-0.39, 0.29) is 12.7 Å². The van der Waals surface area contributed by atoms with Crippen molar-refractivity contribution in [2.24, 2.45) is 0 Å². The first-order valence-corrected chi connectivity index (χ1v) is 6.97. The Labute approximate surface area is 123 Å². The summed E-state index contributed by atoms with van der Waals surface area (Å²) in [5, 5.41) is 0.568. The number of nitrogens with zero attached hydrogens (tertiary/aromatic N) is 1. The third-order valence-corrected chi connectivity index (χ3v) is 3.48. The average molecular weight is 296 g/mol. The van der Waals surface area contributed by atoms with Crippen molar-refractivity contribution < 1.29 is 14.3 Å². The highest BCUT2D eigenvalue weighted by Crippen LogP contribution is 2.32. The second-order valence-corrected chi connectivity index (χ2v) is 4.87. The fourth-order valence-corrected chi connectivity index (χ4v) is 2.50. The van der Waals surface area contributed by atoms with Crippen LogP contribution in [0.4, 0.5) is 0 Å². The lowest BCUT2D eigenvalue weighted by molar-refractivity contribution is -0.128. The fraction of sp³-hybridized carbons (Fsp3) is 0.400. The van der Waals surface area contributed by atoms with Crippen molar-refractivity contribution in [3.05, 3.63) is 34.9 Å². The van der Waals surface area contributed by atoms with E-state index in [2.05, 4.69) is 6.08 Å². The summed E-state index contributed by atoms with van der Waals surface area (Å²) < 4.78 is 10.2. The molecule has 1 aromatic rings. The number of methoxy groups -OCH3 is 1. The van der Waals surface area contributed by atoms with Gasteiger partial charge in [-0.2, -0.15) is 0 Å². The maximum absolute atomic E-state index is 11.9.